The first-order valence-electron chi connectivity index (χ1n) is 8.35. The number of aromatic nitrogens is 2. The molecule has 0 aromatic carbocycles. The maximum atomic E-state index is 6.15. The van der Waals surface area contributed by atoms with E-state index in [0.717, 1.165) is 30.3 Å². The van der Waals surface area contributed by atoms with E-state index in [-0.39, 0.29) is 0 Å². The van der Waals surface area contributed by atoms with Crippen LogP contribution in [0.4, 0.5) is 11.6 Å². The van der Waals surface area contributed by atoms with Crippen molar-refractivity contribution < 1.29 is 0 Å². The number of hydrogen-bond donors (Lipinski definition) is 1. The van der Waals surface area contributed by atoms with Crippen LogP contribution in [0.5, 0.6) is 0 Å². The Hall–Kier alpha value is -1.36. The third-order valence-corrected chi connectivity index (χ3v) is 5.22. The van der Waals surface area contributed by atoms with Gasteiger partial charge in [-0.15, -0.1) is 0 Å². The van der Waals surface area contributed by atoms with Gasteiger partial charge in [-0.25, -0.2) is 9.97 Å². The normalized spacial score (nSPS) is 26.7. The highest BCUT2D eigenvalue weighted by Crippen LogP contribution is 2.40. The van der Waals surface area contributed by atoms with Crippen LogP contribution in [0, 0.1) is 6.92 Å². The molecule has 0 radical (unpaired) electrons. The lowest BCUT2D eigenvalue weighted by Gasteiger charge is -2.28. The van der Waals surface area contributed by atoms with Crippen molar-refractivity contribution in [1.82, 2.24) is 14.9 Å². The molecule has 2 aliphatic heterocycles. The molecule has 1 atom stereocenters. The second kappa shape index (κ2) is 5.13. The molecule has 114 valence electrons. The van der Waals surface area contributed by atoms with E-state index in [1.54, 1.807) is 0 Å². The maximum Gasteiger partial charge on any atom is 0.137 e. The zero-order valence-corrected chi connectivity index (χ0v) is 12.9. The van der Waals surface area contributed by atoms with E-state index in [4.69, 9.17) is 10.7 Å². The Morgan fingerprint density at radius 1 is 1.05 bits per heavy atom. The van der Waals surface area contributed by atoms with Crippen LogP contribution < -0.4 is 10.6 Å². The number of anilines is 2. The molecular weight excluding hydrogens is 262 g/mol. The maximum absolute atomic E-state index is 6.15. The Bertz CT molecular complexity index is 540. The van der Waals surface area contributed by atoms with E-state index >= 15 is 0 Å². The number of rotatable bonds is 2. The van der Waals surface area contributed by atoms with Gasteiger partial charge in [-0.3, -0.25) is 4.90 Å². The van der Waals surface area contributed by atoms with Crippen LogP contribution in [0.25, 0.3) is 0 Å². The van der Waals surface area contributed by atoms with E-state index in [0.29, 0.717) is 17.8 Å². The molecule has 0 spiro atoms. The van der Waals surface area contributed by atoms with Crippen LogP contribution in [0.1, 0.15) is 49.4 Å². The van der Waals surface area contributed by atoms with Gasteiger partial charge in [-0.05, 0) is 45.6 Å². The van der Waals surface area contributed by atoms with E-state index in [1.165, 1.54) is 45.2 Å². The topological polar surface area (TPSA) is 58.3 Å². The first-order chi connectivity index (χ1) is 10.2. The van der Waals surface area contributed by atoms with Crippen LogP contribution in [-0.4, -0.2) is 47.1 Å². The van der Waals surface area contributed by atoms with Crippen LogP contribution in [-0.2, 0) is 0 Å². The molecule has 1 aromatic rings. The second-order valence-electron chi connectivity index (χ2n) is 6.82. The summed E-state index contributed by atoms with van der Waals surface area (Å²) in [5.41, 5.74) is 7.21. The number of fused-ring (bicyclic) bond motifs is 1. The van der Waals surface area contributed by atoms with Crippen molar-refractivity contribution in [2.75, 3.05) is 36.8 Å². The van der Waals surface area contributed by atoms with Crippen LogP contribution >= 0.6 is 0 Å². The Morgan fingerprint density at radius 2 is 1.86 bits per heavy atom. The van der Waals surface area contributed by atoms with Crippen molar-refractivity contribution in [3.63, 3.8) is 0 Å². The van der Waals surface area contributed by atoms with Gasteiger partial charge in [-0.1, -0.05) is 0 Å². The van der Waals surface area contributed by atoms with E-state index in [2.05, 4.69) is 21.7 Å². The zero-order valence-electron chi connectivity index (χ0n) is 12.9. The fourth-order valence-electron chi connectivity index (χ4n) is 3.77. The van der Waals surface area contributed by atoms with Crippen molar-refractivity contribution in [2.45, 2.75) is 51.0 Å². The molecule has 1 aromatic heterocycles. The van der Waals surface area contributed by atoms with Gasteiger partial charge < -0.3 is 10.6 Å². The summed E-state index contributed by atoms with van der Waals surface area (Å²) in [6.45, 7) is 6.77. The molecule has 0 bridgehead atoms. The molecule has 3 heterocycles. The van der Waals surface area contributed by atoms with Crippen molar-refractivity contribution >= 4 is 11.6 Å². The molecule has 21 heavy (non-hydrogen) atoms. The predicted octanol–water partition coefficient (Wildman–Crippen LogP) is 1.92. The first kappa shape index (κ1) is 13.3. The number of nitrogens with two attached hydrogens (primary N) is 1. The summed E-state index contributed by atoms with van der Waals surface area (Å²) in [6.07, 6.45) is 6.33. The Morgan fingerprint density at radius 3 is 2.67 bits per heavy atom. The molecule has 1 aliphatic carbocycles. The quantitative estimate of drug-likeness (QED) is 0.900. The molecule has 2 saturated heterocycles. The van der Waals surface area contributed by atoms with Gasteiger partial charge in [0.15, 0.2) is 0 Å². The van der Waals surface area contributed by atoms with E-state index in [1.807, 2.05) is 0 Å². The molecular formula is C16H25N5. The molecule has 3 aliphatic rings. The van der Waals surface area contributed by atoms with Gasteiger partial charge in [0.1, 0.15) is 17.5 Å². The number of hydrogen-bond acceptors (Lipinski definition) is 5. The van der Waals surface area contributed by atoms with Crippen molar-refractivity contribution in [2.24, 2.45) is 0 Å². The molecule has 5 nitrogen and oxygen atoms in total. The second-order valence-corrected chi connectivity index (χ2v) is 6.82. The minimum atomic E-state index is 0.557. The average Bonchev–Trinajstić information content (AvgIpc) is 3.26. The van der Waals surface area contributed by atoms with Crippen LogP contribution in [0.2, 0.25) is 0 Å². The lowest BCUT2D eigenvalue weighted by Crippen LogP contribution is -2.37. The van der Waals surface area contributed by atoms with E-state index < -0.39 is 0 Å². The molecule has 3 fully saturated rings. The molecule has 5 heteroatoms. The third kappa shape index (κ3) is 2.48. The predicted molar refractivity (Wildman–Crippen MR) is 84.6 cm³/mol. The smallest absolute Gasteiger partial charge is 0.137 e. The van der Waals surface area contributed by atoms with Gasteiger partial charge >= 0.3 is 0 Å². The largest absolute Gasteiger partial charge is 0.383 e. The van der Waals surface area contributed by atoms with Gasteiger partial charge in [0.2, 0.25) is 0 Å². The summed E-state index contributed by atoms with van der Waals surface area (Å²) in [6, 6.07) is 0.701. The van der Waals surface area contributed by atoms with Gasteiger partial charge in [0.25, 0.3) is 0 Å². The minimum Gasteiger partial charge on any atom is -0.383 e. The lowest BCUT2D eigenvalue weighted by atomic mass is 10.2. The highest BCUT2D eigenvalue weighted by atomic mass is 15.3. The molecule has 1 unspecified atom stereocenters. The Kier molecular flexibility index (Phi) is 3.25. The summed E-state index contributed by atoms with van der Waals surface area (Å²) in [4.78, 5) is 14.5. The zero-order chi connectivity index (χ0) is 14.4. The molecule has 4 rings (SSSR count). The fourth-order valence-corrected chi connectivity index (χ4v) is 3.77. The molecule has 0 amide bonds. The van der Waals surface area contributed by atoms with Crippen LogP contribution in [0.15, 0.2) is 0 Å². The SMILES string of the molecule is Cc1c(N)nc(C2CC2)nc1N1CCCN2CCCC2C1. The Balaban J connectivity index is 1.64. The standard InChI is InChI=1S/C16H25N5/c1-11-14(17)18-15(12-5-6-12)19-16(11)21-9-3-8-20-7-2-4-13(20)10-21/h12-13H,2-10H2,1H3,(H2,17,18,19). The van der Waals surface area contributed by atoms with Crippen molar-refractivity contribution in [1.29, 1.82) is 0 Å². The lowest BCUT2D eigenvalue weighted by molar-refractivity contribution is 0.273. The summed E-state index contributed by atoms with van der Waals surface area (Å²) >= 11 is 0. The first-order valence-corrected chi connectivity index (χ1v) is 8.35. The summed E-state index contributed by atoms with van der Waals surface area (Å²) < 4.78 is 0. The number of nitrogens with zero attached hydrogens (tertiary/aromatic N) is 4. The monoisotopic (exact) mass is 287 g/mol. The fraction of sp³-hybridized carbons (Fsp3) is 0.750. The highest BCUT2D eigenvalue weighted by molar-refractivity contribution is 5.57. The summed E-state index contributed by atoms with van der Waals surface area (Å²) in [7, 11) is 0. The summed E-state index contributed by atoms with van der Waals surface area (Å²) in [5, 5.41) is 0. The minimum absolute atomic E-state index is 0.557. The number of nitrogen functional groups attached to an aromatic ring is 1. The summed E-state index contributed by atoms with van der Waals surface area (Å²) in [5.74, 6) is 3.30. The molecule has 1 saturated carbocycles. The van der Waals surface area contributed by atoms with Crippen LogP contribution in [0.3, 0.4) is 0 Å². The Labute approximate surface area is 126 Å². The van der Waals surface area contributed by atoms with E-state index in [9.17, 15) is 0 Å². The molecule has 2 N–H and O–H groups in total. The van der Waals surface area contributed by atoms with Gasteiger partial charge in [-0.2, -0.15) is 0 Å². The highest BCUT2D eigenvalue weighted by Gasteiger charge is 2.32. The third-order valence-electron chi connectivity index (χ3n) is 5.22. The van der Waals surface area contributed by atoms with Crippen molar-refractivity contribution in [3.05, 3.63) is 11.4 Å². The van der Waals surface area contributed by atoms with Crippen molar-refractivity contribution in [3.8, 4) is 0 Å². The average molecular weight is 287 g/mol. The van der Waals surface area contributed by atoms with Gasteiger partial charge in [0, 0.05) is 37.2 Å². The van der Waals surface area contributed by atoms with Gasteiger partial charge in [0.05, 0.1) is 0 Å².